The van der Waals surface area contributed by atoms with Crippen molar-refractivity contribution < 1.29 is 23.3 Å². The molecule has 1 unspecified atom stereocenters. The minimum Gasteiger partial charge on any atom is -0.694 e. The molecule has 0 aliphatic carbocycles. The van der Waals surface area contributed by atoms with Gasteiger partial charge in [-0.05, 0) is 39.4 Å². The molecule has 0 saturated carbocycles. The molecule has 0 N–H and O–H groups in total. The van der Waals surface area contributed by atoms with Crippen LogP contribution in [-0.2, 0) is 4.43 Å². The summed E-state index contributed by atoms with van der Waals surface area (Å²) in [6.07, 6.45) is 11.1. The number of hydrogen-bond acceptors (Lipinski definition) is 1. The third-order valence-corrected chi connectivity index (χ3v) is 3.18. The van der Waals surface area contributed by atoms with Gasteiger partial charge < -0.3 is 16.8 Å². The van der Waals surface area contributed by atoms with E-state index in [0.717, 1.165) is 6.42 Å². The van der Waals surface area contributed by atoms with Gasteiger partial charge in [-0.1, -0.05) is 19.8 Å². The molecule has 0 aliphatic heterocycles. The molecular formula is C12H23LiOSi. The van der Waals surface area contributed by atoms with Gasteiger partial charge in [0.15, 0.2) is 8.32 Å². The Bertz CT molecular complexity index is 205. The Morgan fingerprint density at radius 2 is 1.87 bits per heavy atom. The van der Waals surface area contributed by atoms with Crippen LogP contribution in [0.15, 0.2) is 0 Å². The summed E-state index contributed by atoms with van der Waals surface area (Å²) in [4.78, 5) is 0. The minimum atomic E-state index is -1.50. The number of hydrogen-bond donors (Lipinski definition) is 0. The van der Waals surface area contributed by atoms with E-state index in [2.05, 4.69) is 39.4 Å². The second-order valence-corrected chi connectivity index (χ2v) is 9.55. The molecule has 1 nitrogen and oxygen atoms in total. The molecule has 0 bridgehead atoms. The van der Waals surface area contributed by atoms with E-state index < -0.39 is 8.32 Å². The fourth-order valence-electron chi connectivity index (χ4n) is 1.65. The van der Waals surface area contributed by atoms with Gasteiger partial charge in [-0.25, -0.2) is 0 Å². The molecule has 1 atom stereocenters. The van der Waals surface area contributed by atoms with Crippen molar-refractivity contribution in [3.8, 4) is 5.92 Å². The summed E-state index contributed by atoms with van der Waals surface area (Å²) in [7, 11) is -1.50. The van der Waals surface area contributed by atoms with Crippen molar-refractivity contribution in [2.24, 2.45) is 0 Å². The predicted octanol–water partition coefficient (Wildman–Crippen LogP) is 0.771. The first-order valence-electron chi connectivity index (χ1n) is 5.43. The first-order valence-corrected chi connectivity index (χ1v) is 8.83. The van der Waals surface area contributed by atoms with Crippen LogP contribution in [0.25, 0.3) is 0 Å². The van der Waals surface area contributed by atoms with Gasteiger partial charge in [0, 0.05) is 0 Å². The van der Waals surface area contributed by atoms with Gasteiger partial charge in [0.05, 0.1) is 5.60 Å². The van der Waals surface area contributed by atoms with Crippen LogP contribution in [0.1, 0.15) is 39.5 Å². The fourth-order valence-corrected chi connectivity index (χ4v) is 3.31. The summed E-state index contributed by atoms with van der Waals surface area (Å²) in [5.41, 5.74) is -0.151. The average molecular weight is 218 g/mol. The normalized spacial score (nSPS) is 14.9. The quantitative estimate of drug-likeness (QED) is 0.363. The van der Waals surface area contributed by atoms with E-state index in [-0.39, 0.29) is 24.5 Å². The van der Waals surface area contributed by atoms with E-state index in [1.54, 1.807) is 0 Å². The zero-order valence-electron chi connectivity index (χ0n) is 11.2. The summed E-state index contributed by atoms with van der Waals surface area (Å²) in [6.45, 7) is 10.9. The Labute approximate surface area is 109 Å². The summed E-state index contributed by atoms with van der Waals surface area (Å²) >= 11 is 0. The molecule has 0 aromatic heterocycles. The largest absolute Gasteiger partial charge is 1.00 e. The molecule has 3 heteroatoms. The van der Waals surface area contributed by atoms with E-state index in [1.165, 1.54) is 12.8 Å². The van der Waals surface area contributed by atoms with Crippen molar-refractivity contribution in [3.63, 3.8) is 0 Å². The maximum absolute atomic E-state index is 7.09. The van der Waals surface area contributed by atoms with Crippen molar-refractivity contribution in [3.05, 3.63) is 6.42 Å². The predicted molar refractivity (Wildman–Crippen MR) is 64.1 cm³/mol. The zero-order chi connectivity index (χ0) is 11.2. The minimum absolute atomic E-state index is 0. The van der Waals surface area contributed by atoms with Crippen molar-refractivity contribution in [2.75, 3.05) is 0 Å². The van der Waals surface area contributed by atoms with E-state index in [9.17, 15) is 0 Å². The van der Waals surface area contributed by atoms with E-state index in [0.29, 0.717) is 6.42 Å². The first-order chi connectivity index (χ1) is 6.33. The van der Waals surface area contributed by atoms with Crippen LogP contribution in [0.3, 0.4) is 0 Å². The van der Waals surface area contributed by atoms with Crippen LogP contribution in [-0.4, -0.2) is 13.9 Å². The molecular weight excluding hydrogens is 195 g/mol. The fraction of sp³-hybridized carbons (Fsp3) is 0.833. The van der Waals surface area contributed by atoms with E-state index in [1.807, 2.05) is 0 Å². The summed E-state index contributed by atoms with van der Waals surface area (Å²) in [5.74, 6) is 2.49. The maximum atomic E-state index is 7.09. The van der Waals surface area contributed by atoms with Crippen molar-refractivity contribution in [1.82, 2.24) is 0 Å². The van der Waals surface area contributed by atoms with Gasteiger partial charge in [-0.3, -0.25) is 0 Å². The van der Waals surface area contributed by atoms with Gasteiger partial charge in [0.25, 0.3) is 0 Å². The standard InChI is InChI=1S/C12H23OSi.Li/c1-7-9-11-12(3,10-8-2)13-14(4,5)6;/h7,9-11H2,1,3-6H3;/q-1;+1. The van der Waals surface area contributed by atoms with E-state index >= 15 is 0 Å². The molecule has 0 saturated heterocycles. The smallest absolute Gasteiger partial charge is 0.694 e. The van der Waals surface area contributed by atoms with Crippen LogP contribution in [0, 0.1) is 12.3 Å². The molecule has 0 radical (unpaired) electrons. The average Bonchev–Trinajstić information content (AvgIpc) is 1.98. The van der Waals surface area contributed by atoms with E-state index in [4.69, 9.17) is 10.8 Å². The number of unbranched alkanes of at least 4 members (excludes halogenated alkanes) is 1. The number of rotatable bonds is 6. The molecule has 82 valence electrons. The topological polar surface area (TPSA) is 9.23 Å². The van der Waals surface area contributed by atoms with Gasteiger partial charge in [0.2, 0.25) is 0 Å². The van der Waals surface area contributed by atoms with Gasteiger partial charge in [-0.2, -0.15) is 0 Å². The molecule has 0 amide bonds. The maximum Gasteiger partial charge on any atom is 1.00 e. The van der Waals surface area contributed by atoms with Crippen molar-refractivity contribution >= 4 is 8.32 Å². The molecule has 0 fully saturated rings. The van der Waals surface area contributed by atoms with Crippen LogP contribution < -0.4 is 18.9 Å². The Morgan fingerprint density at radius 3 is 2.20 bits per heavy atom. The monoisotopic (exact) mass is 218 g/mol. The summed E-state index contributed by atoms with van der Waals surface area (Å²) < 4.78 is 6.12. The third-order valence-electron chi connectivity index (χ3n) is 2.07. The SMILES string of the molecule is [C-]#CCC(C)(CCCC)O[Si](C)(C)C.[Li+]. The Kier molecular flexibility index (Phi) is 8.96. The third kappa shape index (κ3) is 9.27. The molecule has 0 rings (SSSR count). The molecule has 0 aliphatic rings. The van der Waals surface area contributed by atoms with Crippen LogP contribution in [0.5, 0.6) is 0 Å². The van der Waals surface area contributed by atoms with Crippen molar-refractivity contribution in [1.29, 1.82) is 0 Å². The van der Waals surface area contributed by atoms with Crippen LogP contribution in [0.2, 0.25) is 19.6 Å². The Hall–Kier alpha value is 0.334. The zero-order valence-corrected chi connectivity index (χ0v) is 12.2. The molecule has 0 aromatic rings. The molecule has 15 heavy (non-hydrogen) atoms. The van der Waals surface area contributed by atoms with Gasteiger partial charge >= 0.3 is 18.9 Å². The van der Waals surface area contributed by atoms with Crippen molar-refractivity contribution in [2.45, 2.75) is 64.8 Å². The second kappa shape index (κ2) is 7.58. The molecule has 0 aromatic carbocycles. The first kappa shape index (κ1) is 17.7. The summed E-state index contributed by atoms with van der Waals surface area (Å²) in [6, 6.07) is 0. The Balaban J connectivity index is 0. The van der Waals surface area contributed by atoms with Crippen LogP contribution >= 0.6 is 0 Å². The summed E-state index contributed by atoms with van der Waals surface area (Å²) in [5, 5.41) is 0. The Morgan fingerprint density at radius 1 is 1.33 bits per heavy atom. The second-order valence-electron chi connectivity index (χ2n) is 5.12. The molecule has 0 heterocycles. The van der Waals surface area contributed by atoms with Gasteiger partial charge in [-0.15, -0.1) is 0 Å². The van der Waals surface area contributed by atoms with Gasteiger partial charge in [0.1, 0.15) is 0 Å². The molecule has 0 spiro atoms. The van der Waals surface area contributed by atoms with Crippen LogP contribution in [0.4, 0.5) is 0 Å².